The summed E-state index contributed by atoms with van der Waals surface area (Å²) in [6, 6.07) is 8.63. The number of hydrogen-bond donors (Lipinski definition) is 2. The summed E-state index contributed by atoms with van der Waals surface area (Å²) in [5.41, 5.74) is 2.62. The van der Waals surface area contributed by atoms with Gasteiger partial charge in [0.1, 0.15) is 5.75 Å². The van der Waals surface area contributed by atoms with Crippen LogP contribution in [0, 0.1) is 0 Å². The van der Waals surface area contributed by atoms with E-state index in [1.165, 1.54) is 44.9 Å². The molecule has 1 aromatic rings. The first kappa shape index (κ1) is 21.1. The lowest BCUT2D eigenvalue weighted by Crippen LogP contribution is -2.18. The average Bonchev–Trinajstić information content (AvgIpc) is 2.60. The van der Waals surface area contributed by atoms with E-state index < -0.39 is 7.82 Å². The number of nitrogens with two attached hydrogens (primary N) is 1. The number of unbranched alkanes of at least 4 members (excludes halogenated alkanes) is 8. The molecule has 6 nitrogen and oxygen atoms in total. The highest BCUT2D eigenvalue weighted by atomic mass is 31.2. The Morgan fingerprint density at radius 3 is 2.12 bits per heavy atom. The van der Waals surface area contributed by atoms with Crippen LogP contribution in [0.4, 0.5) is 0 Å². The summed E-state index contributed by atoms with van der Waals surface area (Å²) in [6.45, 7) is 2.80. The predicted octanol–water partition coefficient (Wildman–Crippen LogP) is 5.12. The minimum absolute atomic E-state index is 0.371. The van der Waals surface area contributed by atoms with Gasteiger partial charge in [-0.05, 0) is 18.6 Å². The number of benzene rings is 1. The molecule has 138 valence electrons. The van der Waals surface area contributed by atoms with Crippen LogP contribution in [-0.2, 0) is 13.8 Å². The van der Waals surface area contributed by atoms with E-state index in [1.807, 2.05) is 6.07 Å². The van der Waals surface area contributed by atoms with Crippen LogP contribution >= 0.6 is 7.82 Å². The first-order chi connectivity index (χ1) is 11.7. The van der Waals surface area contributed by atoms with Crippen LogP contribution < -0.4 is 15.9 Å². The van der Waals surface area contributed by atoms with Crippen LogP contribution in [0.25, 0.3) is 0 Å². The SMILES string of the molecule is CCCCCCCCCCCNOP(=O)(ON)Oc1ccccc1. The van der Waals surface area contributed by atoms with Gasteiger partial charge >= 0.3 is 7.82 Å². The number of rotatable bonds is 15. The topological polar surface area (TPSA) is 82.8 Å². The zero-order valence-electron chi connectivity index (χ0n) is 14.6. The van der Waals surface area contributed by atoms with Crippen LogP contribution in [0.15, 0.2) is 30.3 Å². The van der Waals surface area contributed by atoms with Crippen LogP contribution in [0.5, 0.6) is 5.75 Å². The van der Waals surface area contributed by atoms with Gasteiger partial charge in [-0.3, -0.25) is 0 Å². The third kappa shape index (κ3) is 10.1. The van der Waals surface area contributed by atoms with Gasteiger partial charge in [0.25, 0.3) is 0 Å². The van der Waals surface area contributed by atoms with Gasteiger partial charge in [0, 0.05) is 6.54 Å². The summed E-state index contributed by atoms with van der Waals surface area (Å²) in [7, 11) is -3.83. The number of hydrogen-bond acceptors (Lipinski definition) is 6. The molecule has 0 aliphatic heterocycles. The van der Waals surface area contributed by atoms with Gasteiger partial charge in [-0.1, -0.05) is 76.5 Å². The molecule has 0 bridgehead atoms. The molecule has 0 heterocycles. The lowest BCUT2D eigenvalue weighted by atomic mass is 10.1. The van der Waals surface area contributed by atoms with Crippen LogP contribution in [0.1, 0.15) is 64.7 Å². The Labute approximate surface area is 145 Å². The molecule has 0 aliphatic rings. The number of nitrogens with one attached hydrogen (secondary N) is 1. The van der Waals surface area contributed by atoms with E-state index in [-0.39, 0.29) is 0 Å². The molecule has 0 saturated heterocycles. The maximum absolute atomic E-state index is 12.2. The van der Waals surface area contributed by atoms with E-state index in [2.05, 4.69) is 17.0 Å². The molecule has 24 heavy (non-hydrogen) atoms. The summed E-state index contributed by atoms with van der Waals surface area (Å²) < 4.78 is 26.7. The highest BCUT2D eigenvalue weighted by Crippen LogP contribution is 2.46. The average molecular weight is 358 g/mol. The molecule has 0 fully saturated rings. The number of hydroxylamine groups is 1. The molecule has 0 aromatic heterocycles. The maximum Gasteiger partial charge on any atom is 0.563 e. The summed E-state index contributed by atoms with van der Waals surface area (Å²) in [4.78, 5) is 0. The fraction of sp³-hybridized carbons (Fsp3) is 0.647. The molecule has 0 radical (unpaired) electrons. The molecule has 1 rings (SSSR count). The molecule has 0 spiro atoms. The monoisotopic (exact) mass is 358 g/mol. The van der Waals surface area contributed by atoms with E-state index in [4.69, 9.17) is 15.0 Å². The fourth-order valence-corrected chi connectivity index (χ4v) is 3.06. The van der Waals surface area contributed by atoms with Crippen molar-refractivity contribution in [2.45, 2.75) is 64.7 Å². The molecular weight excluding hydrogens is 327 g/mol. The quantitative estimate of drug-likeness (QED) is 0.257. The van der Waals surface area contributed by atoms with Crippen molar-refractivity contribution in [3.63, 3.8) is 0 Å². The lowest BCUT2D eigenvalue weighted by molar-refractivity contribution is 0.101. The lowest BCUT2D eigenvalue weighted by Gasteiger charge is -2.15. The number of para-hydroxylation sites is 1. The third-order valence-corrected chi connectivity index (χ3v) is 4.69. The predicted molar refractivity (Wildman–Crippen MR) is 96.3 cm³/mol. The summed E-state index contributed by atoms with van der Waals surface area (Å²) in [5, 5.41) is 0. The molecule has 0 aliphatic carbocycles. The van der Waals surface area contributed by atoms with Crippen molar-refractivity contribution in [2.75, 3.05) is 6.54 Å². The second-order valence-electron chi connectivity index (χ2n) is 5.77. The molecule has 1 atom stereocenters. The Hall–Kier alpha value is -0.910. The highest BCUT2D eigenvalue weighted by molar-refractivity contribution is 7.48. The van der Waals surface area contributed by atoms with Gasteiger partial charge in [0.05, 0.1) is 0 Å². The highest BCUT2D eigenvalue weighted by Gasteiger charge is 2.28. The van der Waals surface area contributed by atoms with Gasteiger partial charge in [-0.2, -0.15) is 14.7 Å². The van der Waals surface area contributed by atoms with Crippen LogP contribution in [-0.4, -0.2) is 6.54 Å². The Bertz CT molecular complexity index is 459. The van der Waals surface area contributed by atoms with Crippen molar-refractivity contribution in [2.24, 2.45) is 5.90 Å². The Morgan fingerprint density at radius 1 is 0.958 bits per heavy atom. The second kappa shape index (κ2) is 13.4. The van der Waals surface area contributed by atoms with Crippen molar-refractivity contribution < 1.29 is 18.3 Å². The van der Waals surface area contributed by atoms with Crippen molar-refractivity contribution in [1.82, 2.24) is 5.48 Å². The molecule has 7 heteroatoms. The van der Waals surface area contributed by atoms with Gasteiger partial charge in [0.2, 0.25) is 0 Å². The molecule has 1 unspecified atom stereocenters. The second-order valence-corrected chi connectivity index (χ2v) is 7.24. The van der Waals surface area contributed by atoms with E-state index >= 15 is 0 Å². The zero-order valence-corrected chi connectivity index (χ0v) is 15.5. The maximum atomic E-state index is 12.2. The minimum Gasteiger partial charge on any atom is -0.402 e. The van der Waals surface area contributed by atoms with E-state index in [1.54, 1.807) is 24.3 Å². The number of phosphoric acid groups is 1. The molecule has 0 amide bonds. The van der Waals surface area contributed by atoms with Gasteiger partial charge in [-0.25, -0.2) is 10.5 Å². The fourth-order valence-electron chi connectivity index (χ4n) is 2.30. The van der Waals surface area contributed by atoms with Crippen LogP contribution in [0.3, 0.4) is 0 Å². The van der Waals surface area contributed by atoms with Crippen molar-refractivity contribution in [3.05, 3.63) is 30.3 Å². The van der Waals surface area contributed by atoms with Crippen molar-refractivity contribution in [1.29, 1.82) is 0 Å². The molecular formula is C17H31N2O4P. The van der Waals surface area contributed by atoms with Crippen molar-refractivity contribution >= 4 is 7.82 Å². The molecule has 3 N–H and O–H groups in total. The zero-order chi connectivity index (χ0) is 17.5. The van der Waals surface area contributed by atoms with E-state index in [0.717, 1.165) is 12.8 Å². The summed E-state index contributed by atoms with van der Waals surface area (Å²) in [6.07, 6.45) is 11.1. The standard InChI is InChI=1S/C17H31N2O4P/c1-2-3-4-5-6-7-8-9-13-16-19-23-24(20,22-18)21-17-14-11-10-12-15-17/h10-12,14-15,19H,2-9,13,16,18H2,1H3. The third-order valence-electron chi connectivity index (χ3n) is 3.65. The van der Waals surface area contributed by atoms with Gasteiger partial charge in [0.15, 0.2) is 0 Å². The van der Waals surface area contributed by atoms with Crippen molar-refractivity contribution in [3.8, 4) is 5.75 Å². The Kier molecular flexibility index (Phi) is 11.8. The smallest absolute Gasteiger partial charge is 0.402 e. The minimum atomic E-state index is -3.83. The Balaban J connectivity index is 2.05. The van der Waals surface area contributed by atoms with E-state index in [9.17, 15) is 4.57 Å². The normalized spacial score (nSPS) is 13.6. The summed E-state index contributed by atoms with van der Waals surface area (Å²) >= 11 is 0. The van der Waals surface area contributed by atoms with E-state index in [0.29, 0.717) is 12.3 Å². The Morgan fingerprint density at radius 2 is 1.54 bits per heavy atom. The van der Waals surface area contributed by atoms with Crippen LogP contribution in [0.2, 0.25) is 0 Å². The summed E-state index contributed by atoms with van der Waals surface area (Å²) in [5.74, 6) is 5.40. The molecule has 1 aromatic carbocycles. The molecule has 0 saturated carbocycles. The largest absolute Gasteiger partial charge is 0.563 e. The van der Waals surface area contributed by atoms with Gasteiger partial charge < -0.3 is 4.52 Å². The first-order valence-corrected chi connectivity index (χ1v) is 10.3. The van der Waals surface area contributed by atoms with Gasteiger partial charge in [-0.15, -0.1) is 0 Å². The first-order valence-electron chi connectivity index (χ1n) is 8.85.